The average Bonchev–Trinajstić information content (AvgIpc) is 2.43. The highest BCUT2D eigenvalue weighted by molar-refractivity contribution is 14.1. The van der Waals surface area contributed by atoms with Gasteiger partial charge in [-0.05, 0) is 46.7 Å². The van der Waals surface area contributed by atoms with Gasteiger partial charge >= 0.3 is 5.69 Å². The molecule has 21 heavy (non-hydrogen) atoms. The van der Waals surface area contributed by atoms with Crippen molar-refractivity contribution in [2.75, 3.05) is 0 Å². The summed E-state index contributed by atoms with van der Waals surface area (Å²) >= 11 is 11.5. The highest BCUT2D eigenvalue weighted by Crippen LogP contribution is 2.21. The number of hydrogen-bond acceptors (Lipinski definition) is 2. The summed E-state index contributed by atoms with van der Waals surface area (Å²) in [5.74, 6) is 0. The molecule has 0 unspecified atom stereocenters. The van der Waals surface area contributed by atoms with Crippen LogP contribution in [0.5, 0.6) is 0 Å². The van der Waals surface area contributed by atoms with Crippen LogP contribution in [0.2, 0.25) is 5.02 Å². The van der Waals surface area contributed by atoms with E-state index in [2.05, 4.69) is 15.9 Å². The lowest BCUT2D eigenvalue weighted by molar-refractivity contribution is 0.566. The van der Waals surface area contributed by atoms with E-state index in [1.807, 2.05) is 41.6 Å². The van der Waals surface area contributed by atoms with Gasteiger partial charge in [0.2, 0.25) is 0 Å². The van der Waals surface area contributed by atoms with Gasteiger partial charge in [-0.1, -0.05) is 40.5 Å². The van der Waals surface area contributed by atoms with Gasteiger partial charge in [0.05, 0.1) is 10.1 Å². The maximum absolute atomic E-state index is 12.4. The number of benzene rings is 1. The molecule has 0 saturated carbocycles. The van der Waals surface area contributed by atoms with Crippen molar-refractivity contribution in [2.45, 2.75) is 26.4 Å². The van der Waals surface area contributed by atoms with Crippen molar-refractivity contribution in [2.24, 2.45) is 0 Å². The molecule has 2 aromatic rings. The van der Waals surface area contributed by atoms with E-state index in [9.17, 15) is 9.59 Å². The highest BCUT2D eigenvalue weighted by Gasteiger charge is 2.11. The van der Waals surface area contributed by atoms with Crippen LogP contribution >= 0.6 is 50.1 Å². The van der Waals surface area contributed by atoms with Crippen molar-refractivity contribution >= 4 is 50.1 Å². The van der Waals surface area contributed by atoms with Gasteiger partial charge in [0, 0.05) is 22.2 Å². The van der Waals surface area contributed by atoms with Crippen LogP contribution < -0.4 is 11.2 Å². The summed E-state index contributed by atoms with van der Waals surface area (Å²) in [6, 6.07) is 5.40. The Hall–Kier alpha value is -0.600. The Morgan fingerprint density at radius 2 is 2.05 bits per heavy atom. The molecule has 0 aliphatic heterocycles. The quantitative estimate of drug-likeness (QED) is 0.625. The minimum atomic E-state index is -0.304. The largest absolute Gasteiger partial charge is 0.331 e. The summed E-state index contributed by atoms with van der Waals surface area (Å²) in [4.78, 5) is 24.6. The van der Waals surface area contributed by atoms with E-state index in [0.717, 1.165) is 16.5 Å². The molecule has 0 aliphatic carbocycles. The normalized spacial score (nSPS) is 10.9. The molecule has 0 N–H and O–H groups in total. The van der Waals surface area contributed by atoms with Gasteiger partial charge in [-0.2, -0.15) is 0 Å². The molecular weight excluding hydrogens is 470 g/mol. The van der Waals surface area contributed by atoms with E-state index in [1.54, 1.807) is 16.8 Å². The number of rotatable bonds is 4. The number of hydrogen-bond donors (Lipinski definition) is 0. The Balaban J connectivity index is 2.53. The minimum Gasteiger partial charge on any atom is -0.299 e. The Morgan fingerprint density at radius 3 is 2.67 bits per heavy atom. The standard InChI is InChI=1S/C14H13BrClIN2O2/c1-2-5-18-8-12(17)13(20)19(14(18)21)7-9-3-4-10(15)6-11(9)16/h3-4,6,8H,2,5,7H2,1H3. The second kappa shape index (κ2) is 7.11. The fraction of sp³-hybridized carbons (Fsp3) is 0.286. The van der Waals surface area contributed by atoms with Crippen molar-refractivity contribution < 1.29 is 0 Å². The van der Waals surface area contributed by atoms with E-state index in [0.29, 0.717) is 15.1 Å². The summed E-state index contributed by atoms with van der Waals surface area (Å²) in [7, 11) is 0. The molecule has 0 atom stereocenters. The molecule has 0 fully saturated rings. The van der Waals surface area contributed by atoms with Gasteiger partial charge in [0.25, 0.3) is 5.56 Å². The molecule has 0 aliphatic rings. The van der Waals surface area contributed by atoms with Crippen LogP contribution in [0, 0.1) is 3.57 Å². The predicted molar refractivity (Wildman–Crippen MR) is 96.2 cm³/mol. The van der Waals surface area contributed by atoms with Crippen molar-refractivity contribution in [3.05, 3.63) is 63.9 Å². The molecule has 0 amide bonds. The average molecular weight is 484 g/mol. The lowest BCUT2D eigenvalue weighted by atomic mass is 10.2. The zero-order valence-corrected chi connectivity index (χ0v) is 15.8. The van der Waals surface area contributed by atoms with Gasteiger partial charge in [-0.25, -0.2) is 4.79 Å². The maximum atomic E-state index is 12.4. The zero-order chi connectivity index (χ0) is 15.6. The van der Waals surface area contributed by atoms with Gasteiger partial charge in [0.15, 0.2) is 0 Å². The van der Waals surface area contributed by atoms with E-state index in [1.165, 1.54) is 4.57 Å². The molecular formula is C14H13BrClIN2O2. The van der Waals surface area contributed by atoms with Crippen molar-refractivity contribution in [3.8, 4) is 0 Å². The Kier molecular flexibility index (Phi) is 5.67. The van der Waals surface area contributed by atoms with E-state index in [4.69, 9.17) is 11.6 Å². The maximum Gasteiger partial charge on any atom is 0.331 e. The number of nitrogens with zero attached hydrogens (tertiary/aromatic N) is 2. The molecule has 2 rings (SSSR count). The molecule has 1 aromatic carbocycles. The first kappa shape index (κ1) is 16.8. The Bertz CT molecular complexity index is 786. The fourth-order valence-corrected chi connectivity index (χ4v) is 3.34. The third-order valence-electron chi connectivity index (χ3n) is 3.00. The molecule has 1 aromatic heterocycles. The summed E-state index contributed by atoms with van der Waals surface area (Å²) in [6.45, 7) is 2.74. The summed E-state index contributed by atoms with van der Waals surface area (Å²) in [5, 5.41) is 0.525. The SMILES string of the molecule is CCCn1cc(I)c(=O)n(Cc2ccc(Br)cc2Cl)c1=O. The molecule has 0 bridgehead atoms. The summed E-state index contributed by atoms with van der Waals surface area (Å²) in [6.07, 6.45) is 2.43. The van der Waals surface area contributed by atoms with Crippen molar-refractivity contribution in [1.82, 2.24) is 9.13 Å². The first-order valence-electron chi connectivity index (χ1n) is 6.37. The van der Waals surface area contributed by atoms with E-state index < -0.39 is 0 Å². The first-order chi connectivity index (χ1) is 9.93. The van der Waals surface area contributed by atoms with Gasteiger partial charge < -0.3 is 0 Å². The van der Waals surface area contributed by atoms with E-state index in [-0.39, 0.29) is 17.8 Å². The van der Waals surface area contributed by atoms with Crippen LogP contribution in [0.25, 0.3) is 0 Å². The molecule has 7 heteroatoms. The molecule has 112 valence electrons. The topological polar surface area (TPSA) is 44.0 Å². The van der Waals surface area contributed by atoms with Crippen molar-refractivity contribution in [3.63, 3.8) is 0 Å². The first-order valence-corrected chi connectivity index (χ1v) is 8.62. The number of halogens is 3. The Morgan fingerprint density at radius 1 is 1.33 bits per heavy atom. The molecule has 0 radical (unpaired) electrons. The van der Waals surface area contributed by atoms with Crippen LogP contribution in [0.1, 0.15) is 18.9 Å². The zero-order valence-electron chi connectivity index (χ0n) is 11.3. The summed E-state index contributed by atoms with van der Waals surface area (Å²) < 4.78 is 4.17. The van der Waals surface area contributed by atoms with Gasteiger partial charge in [0.1, 0.15) is 0 Å². The molecule has 0 spiro atoms. The highest BCUT2D eigenvalue weighted by atomic mass is 127. The van der Waals surface area contributed by atoms with Crippen LogP contribution in [0.15, 0.2) is 38.5 Å². The second-order valence-electron chi connectivity index (χ2n) is 4.58. The monoisotopic (exact) mass is 482 g/mol. The number of aromatic nitrogens is 2. The summed E-state index contributed by atoms with van der Waals surface area (Å²) in [5.41, 5.74) is 0.150. The van der Waals surface area contributed by atoms with Crippen LogP contribution in [0.4, 0.5) is 0 Å². The van der Waals surface area contributed by atoms with Crippen LogP contribution in [0.3, 0.4) is 0 Å². The van der Waals surface area contributed by atoms with Gasteiger partial charge in [-0.3, -0.25) is 13.9 Å². The smallest absolute Gasteiger partial charge is 0.299 e. The van der Waals surface area contributed by atoms with Crippen LogP contribution in [-0.4, -0.2) is 9.13 Å². The predicted octanol–water partition coefficient (Wildman–Crippen LogP) is 3.49. The lowest BCUT2D eigenvalue weighted by Gasteiger charge is -2.11. The molecule has 0 saturated heterocycles. The van der Waals surface area contributed by atoms with Crippen molar-refractivity contribution in [1.29, 1.82) is 0 Å². The second-order valence-corrected chi connectivity index (χ2v) is 7.07. The Labute approximate surface area is 149 Å². The fourth-order valence-electron chi connectivity index (χ4n) is 1.98. The number of aryl methyl sites for hydroxylation is 1. The minimum absolute atomic E-state index is 0.171. The van der Waals surface area contributed by atoms with Gasteiger partial charge in [-0.15, -0.1) is 0 Å². The molecule has 4 nitrogen and oxygen atoms in total. The van der Waals surface area contributed by atoms with E-state index >= 15 is 0 Å². The third kappa shape index (κ3) is 3.78. The third-order valence-corrected chi connectivity index (χ3v) is 4.59. The van der Waals surface area contributed by atoms with Crippen LogP contribution in [-0.2, 0) is 13.1 Å². The molecule has 1 heterocycles. The lowest BCUT2D eigenvalue weighted by Crippen LogP contribution is -2.41.